The lowest BCUT2D eigenvalue weighted by atomic mass is 10.2. The Balaban J connectivity index is 2.00. The molecule has 0 saturated carbocycles. The molecule has 1 aliphatic heterocycles. The van der Waals surface area contributed by atoms with Gasteiger partial charge >= 0.3 is 0 Å². The Labute approximate surface area is 75.2 Å². The summed E-state index contributed by atoms with van der Waals surface area (Å²) in [4.78, 5) is 0. The number of hydrogen-bond donors (Lipinski definition) is 0. The molecule has 1 fully saturated rings. The van der Waals surface area contributed by atoms with Gasteiger partial charge in [-0.05, 0) is 25.7 Å². The fraction of sp³-hybridized carbons (Fsp3) is 1.00. The van der Waals surface area contributed by atoms with E-state index in [2.05, 4.69) is 0 Å². The molecule has 72 valence electrons. The third-order valence-corrected chi connectivity index (χ3v) is 2.15. The first-order valence-electron chi connectivity index (χ1n) is 5.15. The molecule has 0 amide bonds. The van der Waals surface area contributed by atoms with Crippen molar-refractivity contribution in [1.29, 1.82) is 0 Å². The van der Waals surface area contributed by atoms with E-state index in [0.29, 0.717) is 0 Å². The molecular formula is C10H20O2. The van der Waals surface area contributed by atoms with Crippen molar-refractivity contribution in [3.05, 3.63) is 0 Å². The van der Waals surface area contributed by atoms with Gasteiger partial charge in [-0.15, -0.1) is 0 Å². The second kappa shape index (κ2) is 7.56. The smallest absolute Gasteiger partial charge is 0.0466 e. The quantitative estimate of drug-likeness (QED) is 0.558. The van der Waals surface area contributed by atoms with Crippen LogP contribution in [0.1, 0.15) is 38.5 Å². The normalized spacial score (nSPS) is 24.0. The second-order valence-corrected chi connectivity index (χ2v) is 3.35. The zero-order chi connectivity index (χ0) is 8.49. The molecule has 0 aromatic heterocycles. The molecule has 2 heteroatoms. The average molecular weight is 172 g/mol. The van der Waals surface area contributed by atoms with Crippen LogP contribution in [-0.4, -0.2) is 26.4 Å². The molecule has 1 rings (SSSR count). The van der Waals surface area contributed by atoms with E-state index in [1.54, 1.807) is 0 Å². The first-order chi connectivity index (χ1) is 6.00. The molecule has 0 aliphatic carbocycles. The van der Waals surface area contributed by atoms with Crippen LogP contribution in [0, 0.1) is 0 Å². The van der Waals surface area contributed by atoms with E-state index in [9.17, 15) is 0 Å². The summed E-state index contributed by atoms with van der Waals surface area (Å²) in [7, 11) is 0. The van der Waals surface area contributed by atoms with Gasteiger partial charge in [0.1, 0.15) is 0 Å². The van der Waals surface area contributed by atoms with Gasteiger partial charge in [0.05, 0.1) is 0 Å². The Bertz CT molecular complexity index is 50.8. The van der Waals surface area contributed by atoms with Gasteiger partial charge in [-0.2, -0.15) is 0 Å². The highest BCUT2D eigenvalue weighted by atomic mass is 16.5. The van der Waals surface area contributed by atoms with E-state index < -0.39 is 0 Å². The van der Waals surface area contributed by atoms with Crippen molar-refractivity contribution in [2.75, 3.05) is 26.4 Å². The largest absolute Gasteiger partial charge is 0.381 e. The molecule has 0 N–H and O–H groups in total. The van der Waals surface area contributed by atoms with Crippen LogP contribution in [0.4, 0.5) is 0 Å². The molecule has 0 aromatic carbocycles. The van der Waals surface area contributed by atoms with Crippen molar-refractivity contribution in [2.45, 2.75) is 38.5 Å². The van der Waals surface area contributed by atoms with Crippen LogP contribution in [0.15, 0.2) is 0 Å². The predicted molar refractivity (Wildman–Crippen MR) is 49.3 cm³/mol. The monoisotopic (exact) mass is 172 g/mol. The van der Waals surface area contributed by atoms with Crippen LogP contribution in [-0.2, 0) is 9.47 Å². The third kappa shape index (κ3) is 5.56. The second-order valence-electron chi connectivity index (χ2n) is 3.35. The van der Waals surface area contributed by atoms with Gasteiger partial charge in [-0.1, -0.05) is 12.8 Å². The zero-order valence-corrected chi connectivity index (χ0v) is 7.89. The summed E-state index contributed by atoms with van der Waals surface area (Å²) in [5.74, 6) is 0. The van der Waals surface area contributed by atoms with Gasteiger partial charge in [0.2, 0.25) is 0 Å². The molecule has 0 aromatic rings. The summed E-state index contributed by atoms with van der Waals surface area (Å²) in [5.41, 5.74) is 0. The standard InChI is InChI=1S/C10H20O2/c1-2-4-8-12-10-6-5-9-11-7-3-1/h1-10H2. The molecule has 1 aliphatic rings. The van der Waals surface area contributed by atoms with Crippen molar-refractivity contribution >= 4 is 0 Å². The van der Waals surface area contributed by atoms with Crippen LogP contribution in [0.2, 0.25) is 0 Å². The SMILES string of the molecule is C1CCCOCCCCOCC1. The topological polar surface area (TPSA) is 18.5 Å². The number of hydrogen-bond acceptors (Lipinski definition) is 2. The van der Waals surface area contributed by atoms with E-state index in [0.717, 1.165) is 39.3 Å². The predicted octanol–water partition coefficient (Wildman–Crippen LogP) is 2.37. The van der Waals surface area contributed by atoms with Gasteiger partial charge in [0.25, 0.3) is 0 Å². The fourth-order valence-corrected chi connectivity index (χ4v) is 1.37. The molecule has 0 spiro atoms. The molecule has 0 atom stereocenters. The average Bonchev–Trinajstić information content (AvgIpc) is 2.05. The first-order valence-corrected chi connectivity index (χ1v) is 5.15. The molecule has 1 heterocycles. The maximum Gasteiger partial charge on any atom is 0.0466 e. The van der Waals surface area contributed by atoms with E-state index in [-0.39, 0.29) is 0 Å². The summed E-state index contributed by atoms with van der Waals surface area (Å²) in [5, 5.41) is 0. The van der Waals surface area contributed by atoms with Crippen LogP contribution >= 0.6 is 0 Å². The highest BCUT2D eigenvalue weighted by Gasteiger charge is 1.95. The van der Waals surface area contributed by atoms with Crippen LogP contribution in [0.3, 0.4) is 0 Å². The van der Waals surface area contributed by atoms with Crippen LogP contribution < -0.4 is 0 Å². The highest BCUT2D eigenvalue weighted by molar-refractivity contribution is 4.45. The summed E-state index contributed by atoms with van der Waals surface area (Å²) in [6.07, 6.45) is 7.34. The maximum absolute atomic E-state index is 5.45. The van der Waals surface area contributed by atoms with E-state index in [1.807, 2.05) is 0 Å². The Morgan fingerprint density at radius 3 is 1.17 bits per heavy atom. The number of rotatable bonds is 0. The molecule has 12 heavy (non-hydrogen) atoms. The lowest BCUT2D eigenvalue weighted by Crippen LogP contribution is -2.03. The summed E-state index contributed by atoms with van der Waals surface area (Å²) in [6, 6.07) is 0. The number of ether oxygens (including phenoxy) is 2. The molecular weight excluding hydrogens is 152 g/mol. The van der Waals surface area contributed by atoms with Crippen LogP contribution in [0.5, 0.6) is 0 Å². The molecule has 0 radical (unpaired) electrons. The summed E-state index contributed by atoms with van der Waals surface area (Å²) >= 11 is 0. The van der Waals surface area contributed by atoms with Crippen molar-refractivity contribution in [3.63, 3.8) is 0 Å². The van der Waals surface area contributed by atoms with Gasteiger partial charge in [-0.25, -0.2) is 0 Å². The first kappa shape index (κ1) is 10.0. The van der Waals surface area contributed by atoms with Gasteiger partial charge in [0, 0.05) is 26.4 Å². The summed E-state index contributed by atoms with van der Waals surface area (Å²) in [6.45, 7) is 3.76. The molecule has 2 nitrogen and oxygen atoms in total. The lowest BCUT2D eigenvalue weighted by molar-refractivity contribution is 0.0918. The third-order valence-electron chi connectivity index (χ3n) is 2.15. The van der Waals surface area contributed by atoms with E-state index >= 15 is 0 Å². The fourth-order valence-electron chi connectivity index (χ4n) is 1.37. The molecule has 0 unspecified atom stereocenters. The minimum absolute atomic E-state index is 0.920. The molecule has 1 saturated heterocycles. The Morgan fingerprint density at radius 1 is 0.417 bits per heavy atom. The Morgan fingerprint density at radius 2 is 0.750 bits per heavy atom. The minimum atomic E-state index is 0.920. The maximum atomic E-state index is 5.45. The highest BCUT2D eigenvalue weighted by Crippen LogP contribution is 2.03. The Hall–Kier alpha value is -0.0800. The lowest BCUT2D eigenvalue weighted by Gasteiger charge is -2.08. The van der Waals surface area contributed by atoms with Crippen LogP contribution in [0.25, 0.3) is 0 Å². The van der Waals surface area contributed by atoms with Gasteiger partial charge in [-0.3, -0.25) is 0 Å². The van der Waals surface area contributed by atoms with Crippen molar-refractivity contribution in [1.82, 2.24) is 0 Å². The minimum Gasteiger partial charge on any atom is -0.381 e. The zero-order valence-electron chi connectivity index (χ0n) is 7.89. The van der Waals surface area contributed by atoms with E-state index in [1.165, 1.54) is 25.7 Å². The summed E-state index contributed by atoms with van der Waals surface area (Å²) < 4.78 is 10.9. The van der Waals surface area contributed by atoms with Crippen molar-refractivity contribution < 1.29 is 9.47 Å². The van der Waals surface area contributed by atoms with E-state index in [4.69, 9.17) is 9.47 Å². The molecule has 0 bridgehead atoms. The van der Waals surface area contributed by atoms with Crippen molar-refractivity contribution in [2.24, 2.45) is 0 Å². The van der Waals surface area contributed by atoms with Gasteiger partial charge < -0.3 is 9.47 Å². The Kier molecular flexibility index (Phi) is 6.30. The van der Waals surface area contributed by atoms with Crippen molar-refractivity contribution in [3.8, 4) is 0 Å². The van der Waals surface area contributed by atoms with Gasteiger partial charge in [0.15, 0.2) is 0 Å².